The maximum atomic E-state index is 4.72. The molecule has 0 aliphatic carbocycles. The number of fused-ring (bicyclic) bond motifs is 1. The SMILES string of the molecule is CCNC(=NCCCc1nnc2n1CCCCC2)NCCc1ncc(CC)s1. The lowest BCUT2D eigenvalue weighted by Crippen LogP contribution is -2.38. The molecule has 2 aromatic heterocycles. The van der Waals surface area contributed by atoms with Gasteiger partial charge in [-0.05, 0) is 32.6 Å². The highest BCUT2D eigenvalue weighted by molar-refractivity contribution is 7.11. The third kappa shape index (κ3) is 6.02. The quantitative estimate of drug-likeness (QED) is 0.382. The first-order valence-electron chi connectivity index (χ1n) is 10.7. The molecule has 3 heterocycles. The molecule has 3 rings (SSSR count). The van der Waals surface area contributed by atoms with Gasteiger partial charge in [-0.15, -0.1) is 21.5 Å². The van der Waals surface area contributed by atoms with Gasteiger partial charge < -0.3 is 15.2 Å². The number of aromatic nitrogens is 4. The van der Waals surface area contributed by atoms with Gasteiger partial charge in [0.05, 0.1) is 5.01 Å². The van der Waals surface area contributed by atoms with Crippen molar-refractivity contribution in [3.05, 3.63) is 27.7 Å². The summed E-state index contributed by atoms with van der Waals surface area (Å²) in [5, 5.41) is 16.7. The summed E-state index contributed by atoms with van der Waals surface area (Å²) in [6.07, 6.45) is 10.8. The first kappa shape index (κ1) is 20.8. The van der Waals surface area contributed by atoms with Crippen LogP contribution < -0.4 is 10.6 Å². The van der Waals surface area contributed by atoms with Crippen molar-refractivity contribution in [3.8, 4) is 0 Å². The zero-order valence-electron chi connectivity index (χ0n) is 17.2. The summed E-state index contributed by atoms with van der Waals surface area (Å²) >= 11 is 1.80. The molecular weight excluding hydrogens is 370 g/mol. The molecule has 0 atom stereocenters. The van der Waals surface area contributed by atoms with Gasteiger partial charge in [-0.2, -0.15) is 0 Å². The van der Waals surface area contributed by atoms with Gasteiger partial charge in [-0.3, -0.25) is 4.99 Å². The molecule has 0 unspecified atom stereocenters. The van der Waals surface area contributed by atoms with Crippen molar-refractivity contribution < 1.29 is 0 Å². The van der Waals surface area contributed by atoms with E-state index in [2.05, 4.69) is 44.2 Å². The van der Waals surface area contributed by atoms with Crippen LogP contribution >= 0.6 is 11.3 Å². The van der Waals surface area contributed by atoms with E-state index in [-0.39, 0.29) is 0 Å². The monoisotopic (exact) mass is 403 g/mol. The van der Waals surface area contributed by atoms with Crippen LogP contribution in [-0.2, 0) is 32.2 Å². The molecule has 0 aromatic carbocycles. The molecule has 154 valence electrons. The normalized spacial score (nSPS) is 14.6. The third-order valence-electron chi connectivity index (χ3n) is 4.94. The predicted molar refractivity (Wildman–Crippen MR) is 115 cm³/mol. The number of guanidine groups is 1. The summed E-state index contributed by atoms with van der Waals surface area (Å²) < 4.78 is 2.33. The summed E-state index contributed by atoms with van der Waals surface area (Å²) in [6, 6.07) is 0. The van der Waals surface area contributed by atoms with Gasteiger partial charge in [0.1, 0.15) is 11.6 Å². The Morgan fingerprint density at radius 3 is 2.93 bits per heavy atom. The van der Waals surface area contributed by atoms with Crippen LogP contribution in [0.15, 0.2) is 11.2 Å². The highest BCUT2D eigenvalue weighted by Crippen LogP contribution is 2.15. The highest BCUT2D eigenvalue weighted by Gasteiger charge is 2.14. The molecule has 1 aliphatic heterocycles. The van der Waals surface area contributed by atoms with Crippen molar-refractivity contribution in [3.63, 3.8) is 0 Å². The minimum absolute atomic E-state index is 0.786. The molecule has 2 aromatic rings. The lowest BCUT2D eigenvalue weighted by molar-refractivity contribution is 0.597. The van der Waals surface area contributed by atoms with Crippen LogP contribution in [0.4, 0.5) is 0 Å². The number of thiazole rings is 1. The van der Waals surface area contributed by atoms with Gasteiger partial charge in [0.15, 0.2) is 5.96 Å². The largest absolute Gasteiger partial charge is 0.357 e. The van der Waals surface area contributed by atoms with E-state index in [1.807, 2.05) is 6.20 Å². The molecule has 0 saturated heterocycles. The van der Waals surface area contributed by atoms with Crippen molar-refractivity contribution >= 4 is 17.3 Å². The molecule has 0 radical (unpaired) electrons. The number of hydrogen-bond donors (Lipinski definition) is 2. The number of rotatable bonds is 9. The van der Waals surface area contributed by atoms with Crippen LogP contribution in [-0.4, -0.2) is 45.3 Å². The van der Waals surface area contributed by atoms with E-state index in [1.165, 1.54) is 35.0 Å². The van der Waals surface area contributed by atoms with Gasteiger partial charge in [-0.1, -0.05) is 13.3 Å². The Bertz CT molecular complexity index is 750. The second-order valence-corrected chi connectivity index (χ2v) is 8.31. The summed E-state index contributed by atoms with van der Waals surface area (Å²) in [6.45, 7) is 7.83. The Kier molecular flexibility index (Phi) is 8.26. The van der Waals surface area contributed by atoms with Crippen molar-refractivity contribution in [2.24, 2.45) is 4.99 Å². The zero-order valence-corrected chi connectivity index (χ0v) is 18.0. The Hall–Kier alpha value is -1.96. The van der Waals surface area contributed by atoms with Gasteiger partial charge >= 0.3 is 0 Å². The van der Waals surface area contributed by atoms with Crippen molar-refractivity contribution in [1.82, 2.24) is 30.4 Å². The molecular formula is C20H33N7S. The molecule has 0 fully saturated rings. The maximum absolute atomic E-state index is 4.72. The summed E-state index contributed by atoms with van der Waals surface area (Å²) in [5.41, 5.74) is 0. The number of aliphatic imine (C=N–C) groups is 1. The van der Waals surface area contributed by atoms with Gasteiger partial charge in [0, 0.05) is 56.5 Å². The van der Waals surface area contributed by atoms with Gasteiger partial charge in [0.2, 0.25) is 0 Å². The molecule has 2 N–H and O–H groups in total. The number of aryl methyl sites for hydroxylation is 3. The Morgan fingerprint density at radius 2 is 2.11 bits per heavy atom. The molecule has 7 nitrogen and oxygen atoms in total. The predicted octanol–water partition coefficient (Wildman–Crippen LogP) is 2.75. The molecule has 0 spiro atoms. The third-order valence-corrected chi connectivity index (χ3v) is 6.14. The second kappa shape index (κ2) is 11.1. The number of nitrogens with zero attached hydrogens (tertiary/aromatic N) is 5. The summed E-state index contributed by atoms with van der Waals surface area (Å²) in [5.74, 6) is 3.18. The highest BCUT2D eigenvalue weighted by atomic mass is 32.1. The Balaban J connectivity index is 1.43. The minimum atomic E-state index is 0.786. The molecule has 0 saturated carbocycles. The summed E-state index contributed by atoms with van der Waals surface area (Å²) in [7, 11) is 0. The van der Waals surface area contributed by atoms with E-state index in [0.29, 0.717) is 0 Å². The standard InChI is InChI=1S/C20H33N7S/c1-3-16-15-24-19(28-16)11-13-23-20(21-4-2)22-12-8-10-18-26-25-17-9-6-5-7-14-27(17)18/h15H,3-14H2,1-2H3,(H2,21,22,23). The lowest BCUT2D eigenvalue weighted by Gasteiger charge is -2.10. The molecule has 28 heavy (non-hydrogen) atoms. The fourth-order valence-corrected chi connectivity index (χ4v) is 4.28. The topological polar surface area (TPSA) is 80.0 Å². The van der Waals surface area contributed by atoms with Crippen LogP contribution in [0.25, 0.3) is 0 Å². The zero-order chi connectivity index (χ0) is 19.6. The fourth-order valence-electron chi connectivity index (χ4n) is 3.41. The smallest absolute Gasteiger partial charge is 0.191 e. The van der Waals surface area contributed by atoms with Crippen LogP contribution in [0.3, 0.4) is 0 Å². The van der Waals surface area contributed by atoms with E-state index in [0.717, 1.165) is 70.1 Å². The van der Waals surface area contributed by atoms with Crippen molar-refractivity contribution in [2.45, 2.75) is 71.8 Å². The van der Waals surface area contributed by atoms with Crippen LogP contribution in [0.5, 0.6) is 0 Å². The number of hydrogen-bond acceptors (Lipinski definition) is 5. The van der Waals surface area contributed by atoms with E-state index in [9.17, 15) is 0 Å². The Labute approximate surface area is 172 Å². The van der Waals surface area contributed by atoms with Gasteiger partial charge in [0.25, 0.3) is 0 Å². The number of nitrogens with one attached hydrogen (secondary N) is 2. The van der Waals surface area contributed by atoms with E-state index in [1.54, 1.807) is 11.3 Å². The molecule has 0 amide bonds. The van der Waals surface area contributed by atoms with Crippen LogP contribution in [0.2, 0.25) is 0 Å². The van der Waals surface area contributed by atoms with Gasteiger partial charge in [-0.25, -0.2) is 4.98 Å². The summed E-state index contributed by atoms with van der Waals surface area (Å²) in [4.78, 5) is 10.5. The average molecular weight is 404 g/mol. The minimum Gasteiger partial charge on any atom is -0.357 e. The van der Waals surface area contributed by atoms with Crippen molar-refractivity contribution in [2.75, 3.05) is 19.6 Å². The molecule has 0 bridgehead atoms. The first-order chi connectivity index (χ1) is 13.8. The lowest BCUT2D eigenvalue weighted by atomic mass is 10.2. The second-order valence-electron chi connectivity index (χ2n) is 7.11. The van der Waals surface area contributed by atoms with E-state index < -0.39 is 0 Å². The van der Waals surface area contributed by atoms with Crippen LogP contribution in [0, 0.1) is 0 Å². The fraction of sp³-hybridized carbons (Fsp3) is 0.700. The molecule has 1 aliphatic rings. The van der Waals surface area contributed by atoms with Crippen molar-refractivity contribution in [1.29, 1.82) is 0 Å². The van der Waals surface area contributed by atoms with E-state index >= 15 is 0 Å². The first-order valence-corrected chi connectivity index (χ1v) is 11.5. The average Bonchev–Trinajstić information content (AvgIpc) is 3.25. The maximum Gasteiger partial charge on any atom is 0.191 e. The van der Waals surface area contributed by atoms with Crippen LogP contribution in [0.1, 0.15) is 61.1 Å². The molecule has 8 heteroatoms. The Morgan fingerprint density at radius 1 is 1.18 bits per heavy atom. The van der Waals surface area contributed by atoms with E-state index in [4.69, 9.17) is 4.99 Å².